The standard InChI is InChI=1S/C23H32O6/c1-5-6-7-8-9-10-14(24)28-18-15-13(11-20(18,2)3)16(25)23-19(29-23)17(26)22(12-27-22)21(15,23)4/h13,15,18-19H,5-12H2,1-4H3/t13-,15+,18-,19+,21+,22-,23+/m1/s1. The van der Waals surface area contributed by atoms with E-state index in [1.807, 2.05) is 6.92 Å². The zero-order valence-corrected chi connectivity index (χ0v) is 17.9. The summed E-state index contributed by atoms with van der Waals surface area (Å²) in [6.45, 7) is 8.62. The minimum Gasteiger partial charge on any atom is -0.461 e. The van der Waals surface area contributed by atoms with Crippen molar-refractivity contribution >= 4 is 17.5 Å². The topological polar surface area (TPSA) is 85.5 Å². The first-order valence-corrected chi connectivity index (χ1v) is 11.3. The number of carbonyl (C=O) groups excluding carboxylic acids is 3. The number of carbonyl (C=O) groups is 3. The lowest BCUT2D eigenvalue weighted by molar-refractivity contribution is -0.163. The fourth-order valence-corrected chi connectivity index (χ4v) is 7.08. The summed E-state index contributed by atoms with van der Waals surface area (Å²) in [6.07, 6.45) is 5.36. The van der Waals surface area contributed by atoms with Gasteiger partial charge in [0.25, 0.3) is 0 Å². The van der Waals surface area contributed by atoms with E-state index in [1.54, 1.807) is 0 Å². The predicted octanol–water partition coefficient (Wildman–Crippen LogP) is 3.00. The van der Waals surface area contributed by atoms with Crippen LogP contribution in [0.4, 0.5) is 0 Å². The number of hydrogen-bond acceptors (Lipinski definition) is 6. The third-order valence-electron chi connectivity index (χ3n) is 8.68. The molecule has 2 spiro atoms. The average molecular weight is 405 g/mol. The van der Waals surface area contributed by atoms with Crippen molar-refractivity contribution in [1.29, 1.82) is 0 Å². The van der Waals surface area contributed by atoms with E-state index in [0.29, 0.717) is 19.4 Å². The molecule has 5 aliphatic rings. The SMILES string of the molecule is CCCCCCCC(=O)O[C@@H]1[C@@H]2[C@@H](CC1(C)C)C(=O)[C@]13O[C@H]1C(=O)[C@]1(CO1)[C@]23C. The molecule has 0 unspecified atom stereocenters. The molecule has 6 heteroatoms. The van der Waals surface area contributed by atoms with Crippen LogP contribution in [0.15, 0.2) is 0 Å². The fourth-order valence-electron chi connectivity index (χ4n) is 7.08. The smallest absolute Gasteiger partial charge is 0.306 e. The highest BCUT2D eigenvalue weighted by Gasteiger charge is 2.98. The Bertz CT molecular complexity index is 782. The number of epoxide rings is 2. The van der Waals surface area contributed by atoms with E-state index >= 15 is 0 Å². The van der Waals surface area contributed by atoms with Crippen molar-refractivity contribution < 1.29 is 28.6 Å². The Morgan fingerprint density at radius 1 is 1.10 bits per heavy atom. The molecule has 29 heavy (non-hydrogen) atoms. The molecule has 0 amide bonds. The molecule has 5 rings (SSSR count). The summed E-state index contributed by atoms with van der Waals surface area (Å²) in [5, 5.41) is 0. The van der Waals surface area contributed by atoms with Crippen LogP contribution in [0.3, 0.4) is 0 Å². The Kier molecular flexibility index (Phi) is 4.01. The normalized spacial score (nSPS) is 47.9. The van der Waals surface area contributed by atoms with Crippen LogP contribution < -0.4 is 0 Å². The molecule has 3 saturated carbocycles. The largest absolute Gasteiger partial charge is 0.461 e. The molecule has 7 atom stereocenters. The summed E-state index contributed by atoms with van der Waals surface area (Å²) in [4.78, 5) is 39.0. The first-order chi connectivity index (χ1) is 13.7. The Labute approximate surface area is 172 Å². The van der Waals surface area contributed by atoms with Gasteiger partial charge in [-0.1, -0.05) is 53.4 Å². The van der Waals surface area contributed by atoms with Gasteiger partial charge >= 0.3 is 5.97 Å². The Morgan fingerprint density at radius 2 is 1.79 bits per heavy atom. The van der Waals surface area contributed by atoms with Gasteiger partial charge in [0.2, 0.25) is 0 Å². The number of esters is 1. The number of unbranched alkanes of at least 4 members (excludes halogenated alkanes) is 4. The molecule has 2 heterocycles. The number of fused-ring (bicyclic) bond motifs is 3. The van der Waals surface area contributed by atoms with Gasteiger partial charge in [-0.2, -0.15) is 0 Å². The second kappa shape index (κ2) is 5.91. The molecule has 0 aromatic heterocycles. The van der Waals surface area contributed by atoms with E-state index < -0.39 is 28.8 Å². The Morgan fingerprint density at radius 3 is 2.45 bits per heavy atom. The van der Waals surface area contributed by atoms with Gasteiger partial charge in [0.05, 0.1) is 12.0 Å². The van der Waals surface area contributed by atoms with Gasteiger partial charge in [-0.05, 0) is 12.8 Å². The van der Waals surface area contributed by atoms with Crippen LogP contribution in [0.5, 0.6) is 0 Å². The third kappa shape index (κ3) is 2.17. The first-order valence-electron chi connectivity index (χ1n) is 11.3. The molecular weight excluding hydrogens is 372 g/mol. The minimum absolute atomic E-state index is 0.0296. The zero-order chi connectivity index (χ0) is 20.8. The second-order valence-corrected chi connectivity index (χ2v) is 10.7. The van der Waals surface area contributed by atoms with Gasteiger partial charge in [0.15, 0.2) is 28.9 Å². The van der Waals surface area contributed by atoms with Gasteiger partial charge < -0.3 is 14.2 Å². The van der Waals surface area contributed by atoms with Gasteiger partial charge in [0.1, 0.15) is 6.10 Å². The van der Waals surface area contributed by atoms with E-state index in [0.717, 1.165) is 19.3 Å². The molecule has 6 nitrogen and oxygen atoms in total. The number of Topliss-reactive ketones (excluding diaryl/α,β-unsaturated/α-hetero) is 2. The maximum atomic E-state index is 13.4. The van der Waals surface area contributed by atoms with Crippen molar-refractivity contribution in [1.82, 2.24) is 0 Å². The van der Waals surface area contributed by atoms with Crippen LogP contribution in [0.2, 0.25) is 0 Å². The van der Waals surface area contributed by atoms with Crippen LogP contribution in [0.25, 0.3) is 0 Å². The number of ether oxygens (including phenoxy) is 3. The van der Waals surface area contributed by atoms with Crippen LogP contribution >= 0.6 is 0 Å². The first kappa shape index (κ1) is 19.7. The second-order valence-electron chi connectivity index (χ2n) is 10.7. The zero-order valence-electron chi connectivity index (χ0n) is 17.9. The van der Waals surface area contributed by atoms with Crippen LogP contribution in [-0.2, 0) is 28.6 Å². The van der Waals surface area contributed by atoms with Crippen molar-refractivity contribution in [3.8, 4) is 0 Å². The fraction of sp³-hybridized carbons (Fsp3) is 0.870. The Balaban J connectivity index is 1.38. The van der Waals surface area contributed by atoms with E-state index in [2.05, 4.69) is 20.8 Å². The summed E-state index contributed by atoms with van der Waals surface area (Å²) in [7, 11) is 0. The van der Waals surface area contributed by atoms with Crippen LogP contribution in [-0.4, -0.2) is 47.6 Å². The van der Waals surface area contributed by atoms with Crippen LogP contribution in [0, 0.1) is 22.7 Å². The minimum atomic E-state index is -1.04. The van der Waals surface area contributed by atoms with Crippen molar-refractivity contribution in [3.05, 3.63) is 0 Å². The van der Waals surface area contributed by atoms with Crippen molar-refractivity contribution in [3.63, 3.8) is 0 Å². The maximum absolute atomic E-state index is 13.4. The summed E-state index contributed by atoms with van der Waals surface area (Å²) in [5.74, 6) is -0.718. The summed E-state index contributed by atoms with van der Waals surface area (Å²) >= 11 is 0. The average Bonchev–Trinajstić information content (AvgIpc) is 3.55. The predicted molar refractivity (Wildman–Crippen MR) is 103 cm³/mol. The van der Waals surface area contributed by atoms with Crippen LogP contribution in [0.1, 0.15) is 72.6 Å². The van der Waals surface area contributed by atoms with E-state index in [1.165, 1.54) is 12.8 Å². The maximum Gasteiger partial charge on any atom is 0.306 e. The molecule has 0 N–H and O–H groups in total. The highest BCUT2D eigenvalue weighted by atomic mass is 16.7. The summed E-state index contributed by atoms with van der Waals surface area (Å²) < 4.78 is 17.6. The summed E-state index contributed by atoms with van der Waals surface area (Å²) in [6, 6.07) is 0. The molecule has 0 aromatic carbocycles. The lowest BCUT2D eigenvalue weighted by Gasteiger charge is -2.40. The van der Waals surface area contributed by atoms with Gasteiger partial charge in [0, 0.05) is 23.7 Å². The van der Waals surface area contributed by atoms with Gasteiger partial charge in [-0.25, -0.2) is 0 Å². The number of hydrogen-bond donors (Lipinski definition) is 0. The van der Waals surface area contributed by atoms with Crippen molar-refractivity contribution in [2.24, 2.45) is 22.7 Å². The summed E-state index contributed by atoms with van der Waals surface area (Å²) in [5.41, 5.74) is -3.03. The number of ketones is 2. The molecule has 5 fully saturated rings. The van der Waals surface area contributed by atoms with Crippen molar-refractivity contribution in [2.75, 3.05) is 6.61 Å². The molecule has 0 radical (unpaired) electrons. The third-order valence-corrected chi connectivity index (χ3v) is 8.68. The van der Waals surface area contributed by atoms with E-state index in [-0.39, 0.29) is 34.8 Å². The molecule has 0 aromatic rings. The molecular formula is C23H32O6. The molecule has 2 aliphatic heterocycles. The molecule has 3 aliphatic carbocycles. The molecule has 0 bridgehead atoms. The quantitative estimate of drug-likeness (QED) is 0.368. The van der Waals surface area contributed by atoms with Gasteiger partial charge in [-0.3, -0.25) is 14.4 Å². The monoisotopic (exact) mass is 404 g/mol. The van der Waals surface area contributed by atoms with E-state index in [9.17, 15) is 14.4 Å². The highest BCUT2D eigenvalue weighted by Crippen LogP contribution is 2.79. The van der Waals surface area contributed by atoms with E-state index in [4.69, 9.17) is 14.2 Å². The number of rotatable bonds is 7. The lowest BCUT2D eigenvalue weighted by Crippen LogP contribution is -2.53. The molecule has 160 valence electrons. The molecule has 2 saturated heterocycles. The van der Waals surface area contributed by atoms with Gasteiger partial charge in [-0.15, -0.1) is 0 Å². The highest BCUT2D eigenvalue weighted by molar-refractivity contribution is 6.14. The Hall–Kier alpha value is -1.27. The lowest BCUT2D eigenvalue weighted by atomic mass is 9.65. The van der Waals surface area contributed by atoms with Crippen molar-refractivity contribution in [2.45, 2.75) is 96.1 Å².